The second-order valence-corrected chi connectivity index (χ2v) is 7.35. The number of carboxylic acid groups (broad SMARTS) is 1. The van der Waals surface area contributed by atoms with Crippen molar-refractivity contribution in [2.24, 2.45) is 0 Å². The summed E-state index contributed by atoms with van der Waals surface area (Å²) in [6.07, 6.45) is -0.806. The van der Waals surface area contributed by atoms with Gasteiger partial charge >= 0.3 is 12.1 Å². The predicted molar refractivity (Wildman–Crippen MR) is 94.2 cm³/mol. The lowest BCUT2D eigenvalue weighted by atomic mass is 10.2. The van der Waals surface area contributed by atoms with E-state index in [0.29, 0.717) is 5.75 Å². The second-order valence-electron chi connectivity index (χ2n) is 7.35. The van der Waals surface area contributed by atoms with Gasteiger partial charge in [0.15, 0.2) is 0 Å². The number of hydrogen-bond donors (Lipinski definition) is 1. The Hall–Kier alpha value is -2.44. The van der Waals surface area contributed by atoms with Gasteiger partial charge in [0.25, 0.3) is 0 Å². The van der Waals surface area contributed by atoms with E-state index in [2.05, 4.69) is 0 Å². The molecule has 1 aliphatic heterocycles. The van der Waals surface area contributed by atoms with Crippen LogP contribution in [-0.2, 0) is 9.53 Å². The first-order valence-electron chi connectivity index (χ1n) is 8.23. The number of amides is 1. The monoisotopic (exact) mass is 350 g/mol. The molecule has 1 fully saturated rings. The highest BCUT2D eigenvalue weighted by molar-refractivity contribution is 5.81. The number of aliphatic carboxylic acids is 1. The molecule has 1 N–H and O–H groups in total. The van der Waals surface area contributed by atoms with Gasteiger partial charge in [-0.05, 0) is 32.9 Å². The SMILES string of the molecule is CN(C)c1cccc(OC2CC(C(=O)O)N(C(=O)OC(C)(C)C)C2)c1. The lowest BCUT2D eigenvalue weighted by Crippen LogP contribution is -2.43. The summed E-state index contributed by atoms with van der Waals surface area (Å²) in [4.78, 5) is 27.0. The summed E-state index contributed by atoms with van der Waals surface area (Å²) in [5, 5.41) is 9.42. The first-order valence-corrected chi connectivity index (χ1v) is 8.23. The van der Waals surface area contributed by atoms with Crippen LogP contribution in [0.5, 0.6) is 5.75 Å². The van der Waals surface area contributed by atoms with Crippen LogP contribution >= 0.6 is 0 Å². The number of benzene rings is 1. The molecule has 1 heterocycles. The molecule has 7 heteroatoms. The Kier molecular flexibility index (Phi) is 5.45. The smallest absolute Gasteiger partial charge is 0.411 e. The number of nitrogens with zero attached hydrogens (tertiary/aromatic N) is 2. The van der Waals surface area contributed by atoms with Gasteiger partial charge in [-0.3, -0.25) is 4.90 Å². The number of carboxylic acids is 1. The summed E-state index contributed by atoms with van der Waals surface area (Å²) in [5.74, 6) is -0.412. The average Bonchev–Trinajstić information content (AvgIpc) is 2.90. The zero-order chi connectivity index (χ0) is 18.8. The maximum Gasteiger partial charge on any atom is 0.411 e. The van der Waals surface area contributed by atoms with Crippen LogP contribution in [0.1, 0.15) is 27.2 Å². The van der Waals surface area contributed by atoms with E-state index in [9.17, 15) is 14.7 Å². The van der Waals surface area contributed by atoms with Crippen LogP contribution in [0.4, 0.5) is 10.5 Å². The predicted octanol–water partition coefficient (Wildman–Crippen LogP) is 2.59. The molecule has 2 rings (SSSR count). The number of ether oxygens (including phenoxy) is 2. The highest BCUT2D eigenvalue weighted by Gasteiger charge is 2.42. The standard InChI is InChI=1S/C18H26N2O5/c1-18(2,3)25-17(23)20-11-14(10-15(20)16(21)22)24-13-8-6-7-12(9-13)19(4)5/h6-9,14-15H,10-11H2,1-5H3,(H,21,22). The van der Waals surface area contributed by atoms with Crippen molar-refractivity contribution in [3.63, 3.8) is 0 Å². The third-order valence-corrected chi connectivity index (χ3v) is 3.81. The van der Waals surface area contributed by atoms with Crippen LogP contribution in [0.3, 0.4) is 0 Å². The quantitative estimate of drug-likeness (QED) is 0.899. The van der Waals surface area contributed by atoms with Crippen molar-refractivity contribution in [2.75, 3.05) is 25.5 Å². The van der Waals surface area contributed by atoms with Crippen LogP contribution in [-0.4, -0.2) is 60.5 Å². The van der Waals surface area contributed by atoms with Crippen molar-refractivity contribution < 1.29 is 24.2 Å². The summed E-state index contributed by atoms with van der Waals surface area (Å²) in [7, 11) is 3.86. The molecule has 0 spiro atoms. The fourth-order valence-corrected chi connectivity index (χ4v) is 2.67. The van der Waals surface area contributed by atoms with E-state index in [1.807, 2.05) is 43.3 Å². The number of hydrogen-bond acceptors (Lipinski definition) is 5. The van der Waals surface area contributed by atoms with Crippen LogP contribution in [0.2, 0.25) is 0 Å². The Morgan fingerprint density at radius 2 is 1.96 bits per heavy atom. The highest BCUT2D eigenvalue weighted by Crippen LogP contribution is 2.27. The number of anilines is 1. The Bertz CT molecular complexity index is 639. The van der Waals surface area contributed by atoms with Crippen molar-refractivity contribution >= 4 is 17.7 Å². The van der Waals surface area contributed by atoms with Crippen LogP contribution in [0.15, 0.2) is 24.3 Å². The second kappa shape index (κ2) is 7.21. The van der Waals surface area contributed by atoms with Gasteiger partial charge in [0.2, 0.25) is 0 Å². The van der Waals surface area contributed by atoms with Gasteiger partial charge in [-0.25, -0.2) is 9.59 Å². The van der Waals surface area contributed by atoms with E-state index in [1.54, 1.807) is 20.8 Å². The van der Waals surface area contributed by atoms with E-state index in [1.165, 1.54) is 4.90 Å². The number of carbonyl (C=O) groups excluding carboxylic acids is 1. The number of carbonyl (C=O) groups is 2. The number of rotatable bonds is 4. The fraction of sp³-hybridized carbons (Fsp3) is 0.556. The minimum Gasteiger partial charge on any atom is -0.488 e. The number of likely N-dealkylation sites (tertiary alicyclic amines) is 1. The van der Waals surface area contributed by atoms with Gasteiger partial charge in [-0.1, -0.05) is 6.07 Å². The molecule has 7 nitrogen and oxygen atoms in total. The maximum absolute atomic E-state index is 12.3. The molecule has 1 amide bonds. The Morgan fingerprint density at radius 1 is 1.28 bits per heavy atom. The van der Waals surface area contributed by atoms with Crippen molar-refractivity contribution in [3.8, 4) is 5.75 Å². The molecule has 2 unspecified atom stereocenters. The highest BCUT2D eigenvalue weighted by atomic mass is 16.6. The van der Waals surface area contributed by atoms with Crippen LogP contribution < -0.4 is 9.64 Å². The summed E-state index contributed by atoms with van der Waals surface area (Å²) in [6.45, 7) is 5.42. The van der Waals surface area contributed by atoms with E-state index in [-0.39, 0.29) is 13.0 Å². The lowest BCUT2D eigenvalue weighted by molar-refractivity contribution is -0.142. The topological polar surface area (TPSA) is 79.3 Å². The van der Waals surface area contributed by atoms with E-state index >= 15 is 0 Å². The maximum atomic E-state index is 12.3. The molecular formula is C18H26N2O5. The molecule has 0 saturated carbocycles. The fourth-order valence-electron chi connectivity index (χ4n) is 2.67. The van der Waals surface area contributed by atoms with Crippen molar-refractivity contribution in [2.45, 2.75) is 44.9 Å². The molecule has 25 heavy (non-hydrogen) atoms. The van der Waals surface area contributed by atoms with Gasteiger partial charge < -0.3 is 19.5 Å². The molecule has 0 aromatic heterocycles. The Labute approximate surface area is 148 Å². The molecule has 0 aliphatic carbocycles. The minimum atomic E-state index is -1.06. The zero-order valence-electron chi connectivity index (χ0n) is 15.4. The molecule has 1 aromatic carbocycles. The van der Waals surface area contributed by atoms with E-state index in [0.717, 1.165) is 5.69 Å². The molecule has 0 radical (unpaired) electrons. The average molecular weight is 350 g/mol. The largest absolute Gasteiger partial charge is 0.488 e. The molecule has 1 saturated heterocycles. The molecule has 1 aromatic rings. The first-order chi connectivity index (χ1) is 11.6. The van der Waals surface area contributed by atoms with E-state index < -0.39 is 29.8 Å². The Balaban J connectivity index is 2.10. The van der Waals surface area contributed by atoms with Gasteiger partial charge in [-0.2, -0.15) is 0 Å². The molecule has 2 atom stereocenters. The van der Waals surface area contributed by atoms with Crippen LogP contribution in [0.25, 0.3) is 0 Å². The molecule has 1 aliphatic rings. The molecule has 138 valence electrons. The van der Waals surface area contributed by atoms with Gasteiger partial charge in [0, 0.05) is 32.3 Å². The Morgan fingerprint density at radius 3 is 2.52 bits per heavy atom. The summed E-state index contributed by atoms with van der Waals surface area (Å²) in [6, 6.07) is 6.58. The van der Waals surface area contributed by atoms with E-state index in [4.69, 9.17) is 9.47 Å². The van der Waals surface area contributed by atoms with Crippen molar-refractivity contribution in [1.29, 1.82) is 0 Å². The zero-order valence-corrected chi connectivity index (χ0v) is 15.4. The van der Waals surface area contributed by atoms with Crippen molar-refractivity contribution in [3.05, 3.63) is 24.3 Å². The molecular weight excluding hydrogens is 324 g/mol. The van der Waals surface area contributed by atoms with Gasteiger partial charge in [0.05, 0.1) is 6.54 Å². The lowest BCUT2D eigenvalue weighted by Gasteiger charge is -2.26. The summed E-state index contributed by atoms with van der Waals surface area (Å²) in [5.41, 5.74) is 0.299. The third-order valence-electron chi connectivity index (χ3n) is 3.81. The summed E-state index contributed by atoms with van der Waals surface area (Å²) >= 11 is 0. The summed E-state index contributed by atoms with van der Waals surface area (Å²) < 4.78 is 11.2. The first kappa shape index (κ1) is 18.9. The molecule has 0 bridgehead atoms. The van der Waals surface area contributed by atoms with Gasteiger partial charge in [-0.15, -0.1) is 0 Å². The minimum absolute atomic E-state index is 0.179. The van der Waals surface area contributed by atoms with Gasteiger partial charge in [0.1, 0.15) is 23.5 Å². The third kappa shape index (κ3) is 5.01. The van der Waals surface area contributed by atoms with Crippen LogP contribution in [0, 0.1) is 0 Å². The normalized spacial score (nSPS) is 20.3. The van der Waals surface area contributed by atoms with Crippen molar-refractivity contribution in [1.82, 2.24) is 4.90 Å².